The van der Waals surface area contributed by atoms with Crippen LogP contribution in [-0.4, -0.2) is 4.99 Å². The molecule has 0 bridgehead atoms. The van der Waals surface area contributed by atoms with E-state index in [0.717, 1.165) is 21.3 Å². The van der Waals surface area contributed by atoms with E-state index in [1.54, 1.807) is 0 Å². The summed E-state index contributed by atoms with van der Waals surface area (Å²) in [5.41, 5.74) is 8.83. The number of benzene rings is 2. The van der Waals surface area contributed by atoms with Gasteiger partial charge in [0.2, 0.25) is 0 Å². The first-order valence-corrected chi connectivity index (χ1v) is 7.96. The van der Waals surface area contributed by atoms with E-state index in [1.807, 2.05) is 25.1 Å². The minimum absolute atomic E-state index is 0.323. The lowest BCUT2D eigenvalue weighted by molar-refractivity contribution is 0.476. The van der Waals surface area contributed by atoms with Gasteiger partial charge in [-0.3, -0.25) is 0 Å². The van der Waals surface area contributed by atoms with Gasteiger partial charge in [-0.05, 0) is 48.2 Å². The monoisotopic (exact) mass is 363 g/mol. The first-order valence-electron chi connectivity index (χ1n) is 6.76. The van der Waals surface area contributed by atoms with Crippen LogP contribution in [0.3, 0.4) is 0 Å². The van der Waals surface area contributed by atoms with Crippen molar-refractivity contribution in [3.05, 3.63) is 57.6 Å². The van der Waals surface area contributed by atoms with Crippen LogP contribution in [0.2, 0.25) is 0 Å². The molecule has 0 aromatic heterocycles. The van der Waals surface area contributed by atoms with Crippen molar-refractivity contribution in [3.8, 4) is 11.5 Å². The summed E-state index contributed by atoms with van der Waals surface area (Å²) in [5, 5.41) is 0. The molecule has 0 unspecified atom stereocenters. The van der Waals surface area contributed by atoms with Gasteiger partial charge in [0.25, 0.3) is 0 Å². The molecule has 0 saturated heterocycles. The summed E-state index contributed by atoms with van der Waals surface area (Å²) in [7, 11) is 0. The zero-order valence-corrected chi connectivity index (χ0v) is 14.7. The van der Waals surface area contributed by atoms with Crippen LogP contribution in [0, 0.1) is 6.92 Å². The van der Waals surface area contributed by atoms with Gasteiger partial charge in [-0.25, -0.2) is 0 Å². The van der Waals surface area contributed by atoms with Crippen molar-refractivity contribution in [1.29, 1.82) is 0 Å². The van der Waals surface area contributed by atoms with E-state index in [0.29, 0.717) is 16.7 Å². The minimum Gasteiger partial charge on any atom is -0.456 e. The van der Waals surface area contributed by atoms with Crippen LogP contribution in [0.1, 0.15) is 36.5 Å². The average Bonchev–Trinajstić information content (AvgIpc) is 2.42. The lowest BCUT2D eigenvalue weighted by Crippen LogP contribution is -2.11. The third-order valence-electron chi connectivity index (χ3n) is 3.31. The fourth-order valence-electron chi connectivity index (χ4n) is 1.99. The van der Waals surface area contributed by atoms with Gasteiger partial charge in [-0.2, -0.15) is 0 Å². The number of nitrogens with two attached hydrogens (primary N) is 1. The van der Waals surface area contributed by atoms with E-state index in [2.05, 4.69) is 48.0 Å². The molecule has 0 aliphatic carbocycles. The Balaban J connectivity index is 2.43. The second-order valence-electron chi connectivity index (χ2n) is 5.29. The fourth-order valence-corrected chi connectivity index (χ4v) is 2.51. The Labute approximate surface area is 139 Å². The van der Waals surface area contributed by atoms with Crippen LogP contribution in [0.15, 0.2) is 40.9 Å². The third-order valence-corrected chi connectivity index (χ3v) is 4.02. The molecule has 4 heteroatoms. The molecule has 0 spiro atoms. The van der Waals surface area contributed by atoms with Gasteiger partial charge in [0, 0.05) is 4.47 Å². The van der Waals surface area contributed by atoms with Crippen molar-refractivity contribution in [1.82, 2.24) is 0 Å². The zero-order valence-electron chi connectivity index (χ0n) is 12.3. The van der Waals surface area contributed by atoms with E-state index in [-0.39, 0.29) is 0 Å². The zero-order chi connectivity index (χ0) is 15.6. The topological polar surface area (TPSA) is 35.2 Å². The van der Waals surface area contributed by atoms with E-state index < -0.39 is 0 Å². The van der Waals surface area contributed by atoms with E-state index in [4.69, 9.17) is 22.7 Å². The molecular formula is C17H18BrNOS. The molecule has 0 radical (unpaired) electrons. The Hall–Kier alpha value is -1.39. The highest BCUT2D eigenvalue weighted by Gasteiger charge is 2.11. The number of rotatable bonds is 4. The van der Waals surface area contributed by atoms with Crippen molar-refractivity contribution in [2.75, 3.05) is 0 Å². The predicted octanol–water partition coefficient (Wildman–Crippen LogP) is 5.31. The van der Waals surface area contributed by atoms with Crippen molar-refractivity contribution < 1.29 is 4.74 Å². The van der Waals surface area contributed by atoms with Gasteiger partial charge in [-0.15, -0.1) is 0 Å². The summed E-state index contributed by atoms with van der Waals surface area (Å²) in [6.07, 6.45) is 0. The summed E-state index contributed by atoms with van der Waals surface area (Å²) in [4.78, 5) is 0.323. The Morgan fingerprint density at radius 1 is 1.14 bits per heavy atom. The van der Waals surface area contributed by atoms with E-state index in [1.165, 1.54) is 5.56 Å². The van der Waals surface area contributed by atoms with Crippen LogP contribution in [-0.2, 0) is 0 Å². The predicted molar refractivity (Wildman–Crippen MR) is 95.4 cm³/mol. The van der Waals surface area contributed by atoms with Gasteiger partial charge < -0.3 is 10.5 Å². The van der Waals surface area contributed by atoms with E-state index >= 15 is 0 Å². The standard InChI is InChI=1S/C17H18BrNOS/c1-10(2)12-5-4-11(3)16(8-12)20-15-7-6-13(18)9-14(15)17(19)21/h4-10H,1-3H3,(H2,19,21). The SMILES string of the molecule is Cc1ccc(C(C)C)cc1Oc1ccc(Br)cc1C(N)=S. The van der Waals surface area contributed by atoms with Crippen LogP contribution >= 0.6 is 28.1 Å². The molecular weight excluding hydrogens is 346 g/mol. The molecule has 0 aliphatic rings. The highest BCUT2D eigenvalue weighted by Crippen LogP contribution is 2.32. The maximum absolute atomic E-state index is 6.06. The van der Waals surface area contributed by atoms with Crippen LogP contribution in [0.25, 0.3) is 0 Å². The number of hydrogen-bond acceptors (Lipinski definition) is 2. The summed E-state index contributed by atoms with van der Waals surface area (Å²) in [6.45, 7) is 6.35. The third kappa shape index (κ3) is 3.83. The molecule has 2 rings (SSSR count). The molecule has 0 amide bonds. The average molecular weight is 364 g/mol. The summed E-state index contributed by atoms with van der Waals surface area (Å²) >= 11 is 8.53. The lowest BCUT2D eigenvalue weighted by atomic mass is 10.0. The Morgan fingerprint density at radius 3 is 2.48 bits per heavy atom. The molecule has 2 N–H and O–H groups in total. The molecule has 0 heterocycles. The summed E-state index contributed by atoms with van der Waals surface area (Å²) in [5.74, 6) is 1.96. The van der Waals surface area contributed by atoms with Gasteiger partial charge in [0.1, 0.15) is 16.5 Å². The Bertz CT molecular complexity index is 682. The van der Waals surface area contributed by atoms with Gasteiger partial charge >= 0.3 is 0 Å². The van der Waals surface area contributed by atoms with Gasteiger partial charge in [0.05, 0.1) is 5.56 Å². The molecule has 2 aromatic carbocycles. The number of ether oxygens (including phenoxy) is 1. The fraction of sp³-hybridized carbons (Fsp3) is 0.235. The smallest absolute Gasteiger partial charge is 0.137 e. The second-order valence-corrected chi connectivity index (χ2v) is 6.64. The Kier molecular flexibility index (Phi) is 5.01. The van der Waals surface area contributed by atoms with Crippen LogP contribution in [0.4, 0.5) is 0 Å². The van der Waals surface area contributed by atoms with Crippen LogP contribution in [0.5, 0.6) is 11.5 Å². The molecule has 21 heavy (non-hydrogen) atoms. The maximum Gasteiger partial charge on any atom is 0.137 e. The molecule has 2 aromatic rings. The van der Waals surface area contributed by atoms with Crippen molar-refractivity contribution in [3.63, 3.8) is 0 Å². The molecule has 0 aliphatic heterocycles. The molecule has 110 valence electrons. The number of halogens is 1. The van der Waals surface area contributed by atoms with Crippen LogP contribution < -0.4 is 10.5 Å². The minimum atomic E-state index is 0.323. The van der Waals surface area contributed by atoms with Gasteiger partial charge in [0.15, 0.2) is 0 Å². The maximum atomic E-state index is 6.06. The highest BCUT2D eigenvalue weighted by atomic mass is 79.9. The largest absolute Gasteiger partial charge is 0.456 e. The van der Waals surface area contributed by atoms with E-state index in [9.17, 15) is 0 Å². The summed E-state index contributed by atoms with van der Waals surface area (Å²) < 4.78 is 6.98. The molecule has 2 nitrogen and oxygen atoms in total. The second kappa shape index (κ2) is 6.58. The molecule has 0 atom stereocenters. The number of thiocarbonyl (C=S) groups is 1. The van der Waals surface area contributed by atoms with Crippen molar-refractivity contribution >= 4 is 33.1 Å². The number of aryl methyl sites for hydroxylation is 1. The first-order chi connectivity index (χ1) is 9.88. The van der Waals surface area contributed by atoms with Gasteiger partial charge in [-0.1, -0.05) is 54.1 Å². The lowest BCUT2D eigenvalue weighted by Gasteiger charge is -2.15. The quantitative estimate of drug-likeness (QED) is 0.747. The Morgan fingerprint density at radius 2 is 1.86 bits per heavy atom. The highest BCUT2D eigenvalue weighted by molar-refractivity contribution is 9.10. The molecule has 0 saturated carbocycles. The first kappa shape index (κ1) is 16.0. The summed E-state index contributed by atoms with van der Waals surface area (Å²) in [6, 6.07) is 11.9. The van der Waals surface area contributed by atoms with Crippen molar-refractivity contribution in [2.45, 2.75) is 26.7 Å². The number of hydrogen-bond donors (Lipinski definition) is 1. The normalized spacial score (nSPS) is 10.7. The van der Waals surface area contributed by atoms with Crippen molar-refractivity contribution in [2.24, 2.45) is 5.73 Å². The molecule has 0 fully saturated rings.